The van der Waals surface area contributed by atoms with E-state index in [9.17, 15) is 18.0 Å². The van der Waals surface area contributed by atoms with Gasteiger partial charge in [-0.25, -0.2) is 8.42 Å². The Bertz CT molecular complexity index is 1160. The molecular weight excluding hydrogens is 566 g/mol. The molecule has 2 rings (SSSR count). The molecule has 1 atom stereocenters. The second-order valence-electron chi connectivity index (χ2n) is 9.29. The Hall–Kier alpha value is -2.10. The van der Waals surface area contributed by atoms with Crippen molar-refractivity contribution in [2.45, 2.75) is 53.1 Å². The highest BCUT2D eigenvalue weighted by molar-refractivity contribution is 9.10. The number of hydrogen-bond donors (Lipinski definition) is 1. The molecule has 2 amide bonds. The van der Waals surface area contributed by atoms with E-state index in [1.54, 1.807) is 36.9 Å². The average molecular weight is 601 g/mol. The zero-order chi connectivity index (χ0) is 27.0. The van der Waals surface area contributed by atoms with Gasteiger partial charge in [-0.1, -0.05) is 59.6 Å². The third kappa shape index (κ3) is 8.78. The molecule has 0 bridgehead atoms. The number of amides is 2. The second kappa shape index (κ2) is 13.4. The summed E-state index contributed by atoms with van der Waals surface area (Å²) in [4.78, 5) is 27.7. The van der Waals surface area contributed by atoms with Gasteiger partial charge in [-0.2, -0.15) is 0 Å². The van der Waals surface area contributed by atoms with E-state index in [4.69, 9.17) is 11.6 Å². The largest absolute Gasteiger partial charge is 0.354 e. The maximum atomic E-state index is 13.3. The molecule has 0 unspecified atom stereocenters. The number of benzene rings is 2. The van der Waals surface area contributed by atoms with Gasteiger partial charge in [-0.3, -0.25) is 13.9 Å². The van der Waals surface area contributed by atoms with E-state index in [1.807, 2.05) is 38.1 Å². The smallest absolute Gasteiger partial charge is 0.242 e. The van der Waals surface area contributed by atoms with Crippen molar-refractivity contribution in [2.75, 3.05) is 23.7 Å². The molecule has 36 heavy (non-hydrogen) atoms. The first kappa shape index (κ1) is 30.1. The van der Waals surface area contributed by atoms with E-state index in [-0.39, 0.29) is 43.7 Å². The minimum atomic E-state index is -3.59. The Balaban J connectivity index is 2.19. The first-order chi connectivity index (χ1) is 16.8. The second-order valence-corrected chi connectivity index (χ2v) is 12.5. The third-order valence-corrected chi connectivity index (χ3v) is 7.90. The lowest BCUT2D eigenvalue weighted by Gasteiger charge is -2.30. The summed E-state index contributed by atoms with van der Waals surface area (Å²) in [6.07, 6.45) is 1.51. The topological polar surface area (TPSA) is 86.8 Å². The summed E-state index contributed by atoms with van der Waals surface area (Å²) in [5, 5.41) is 3.37. The summed E-state index contributed by atoms with van der Waals surface area (Å²) in [6.45, 7) is 8.39. The summed E-state index contributed by atoms with van der Waals surface area (Å²) in [7, 11) is -3.59. The first-order valence-corrected chi connectivity index (χ1v) is 14.9. The molecule has 0 radical (unpaired) electrons. The molecule has 0 aliphatic carbocycles. The van der Waals surface area contributed by atoms with Crippen molar-refractivity contribution in [2.24, 2.45) is 5.92 Å². The molecule has 0 fully saturated rings. The van der Waals surface area contributed by atoms with Gasteiger partial charge in [0.2, 0.25) is 21.8 Å². The fourth-order valence-electron chi connectivity index (χ4n) is 3.67. The zero-order valence-corrected chi connectivity index (χ0v) is 24.6. The van der Waals surface area contributed by atoms with E-state index in [2.05, 4.69) is 21.2 Å². The highest BCUT2D eigenvalue weighted by Gasteiger charge is 2.27. The fourth-order valence-corrected chi connectivity index (χ4v) is 5.12. The lowest BCUT2D eigenvalue weighted by Crippen LogP contribution is -2.48. The van der Waals surface area contributed by atoms with E-state index >= 15 is 0 Å². The molecule has 7 nitrogen and oxygen atoms in total. The number of sulfonamides is 1. The monoisotopic (exact) mass is 599 g/mol. The van der Waals surface area contributed by atoms with Gasteiger partial charge in [0.05, 0.1) is 11.9 Å². The maximum absolute atomic E-state index is 13.3. The van der Waals surface area contributed by atoms with Gasteiger partial charge >= 0.3 is 0 Å². The third-order valence-electron chi connectivity index (χ3n) is 5.78. The molecular formula is C26H35BrClN3O4S. The highest BCUT2D eigenvalue weighted by atomic mass is 79.9. The minimum absolute atomic E-state index is 0.0873. The molecule has 10 heteroatoms. The fraction of sp³-hybridized carbons (Fsp3) is 0.462. The Kier molecular flexibility index (Phi) is 11.3. The summed E-state index contributed by atoms with van der Waals surface area (Å²) < 4.78 is 27.3. The van der Waals surface area contributed by atoms with Gasteiger partial charge in [0, 0.05) is 35.6 Å². The number of hydrogen-bond acceptors (Lipinski definition) is 4. The van der Waals surface area contributed by atoms with Gasteiger partial charge < -0.3 is 10.2 Å². The summed E-state index contributed by atoms with van der Waals surface area (Å²) in [5.41, 5.74) is 2.04. The van der Waals surface area contributed by atoms with Crippen molar-refractivity contribution in [3.8, 4) is 0 Å². The van der Waals surface area contributed by atoms with Crippen molar-refractivity contribution >= 4 is 55.1 Å². The van der Waals surface area contributed by atoms with E-state index in [1.165, 1.54) is 4.31 Å². The molecule has 2 aromatic carbocycles. The standard InChI is InChI=1S/C26H35BrClN3O4S/c1-18(2)16-29-26(33)20(4)30(17-21-11-13-22(27)14-12-21)25(32)10-7-15-31(36(5,34)35)24-9-6-8-23(28)19(24)3/h6,8-9,11-14,18,20H,7,10,15-17H2,1-5H3,(H,29,33)/t20-/m1/s1. The Morgan fingerprint density at radius 3 is 2.31 bits per heavy atom. The molecule has 0 saturated carbocycles. The molecule has 0 spiro atoms. The molecule has 2 aromatic rings. The molecule has 198 valence electrons. The van der Waals surface area contributed by atoms with E-state index < -0.39 is 16.1 Å². The van der Waals surface area contributed by atoms with Crippen LogP contribution in [0.5, 0.6) is 0 Å². The molecule has 0 aliphatic rings. The Morgan fingerprint density at radius 1 is 1.08 bits per heavy atom. The predicted molar refractivity (Wildman–Crippen MR) is 150 cm³/mol. The van der Waals surface area contributed by atoms with Crippen molar-refractivity contribution in [1.29, 1.82) is 0 Å². The van der Waals surface area contributed by atoms with Crippen LogP contribution in [0.2, 0.25) is 5.02 Å². The van der Waals surface area contributed by atoms with E-state index in [0.29, 0.717) is 22.8 Å². The van der Waals surface area contributed by atoms with Gasteiger partial charge in [-0.05, 0) is 61.6 Å². The number of anilines is 1. The number of nitrogens with one attached hydrogen (secondary N) is 1. The van der Waals surface area contributed by atoms with Gasteiger partial charge in [0.25, 0.3) is 0 Å². The van der Waals surface area contributed by atoms with Gasteiger partial charge in [-0.15, -0.1) is 0 Å². The van der Waals surface area contributed by atoms with Crippen LogP contribution in [0, 0.1) is 12.8 Å². The summed E-state index contributed by atoms with van der Waals surface area (Å²) in [5.74, 6) is -0.156. The van der Waals surface area contributed by atoms with Crippen LogP contribution in [0.3, 0.4) is 0 Å². The lowest BCUT2D eigenvalue weighted by atomic mass is 10.1. The van der Waals surface area contributed by atoms with Crippen molar-refractivity contribution in [3.05, 3.63) is 63.1 Å². The molecule has 0 saturated heterocycles. The number of carbonyl (C=O) groups is 2. The molecule has 0 aliphatic heterocycles. The first-order valence-electron chi connectivity index (χ1n) is 11.9. The van der Waals surface area contributed by atoms with E-state index in [0.717, 1.165) is 16.3 Å². The van der Waals surface area contributed by atoms with Gasteiger partial charge in [0.1, 0.15) is 6.04 Å². The molecule has 0 heterocycles. The number of rotatable bonds is 12. The van der Waals surface area contributed by atoms with Crippen molar-refractivity contribution in [1.82, 2.24) is 10.2 Å². The van der Waals surface area contributed by atoms with Crippen LogP contribution in [0.25, 0.3) is 0 Å². The van der Waals surface area contributed by atoms with Crippen LogP contribution >= 0.6 is 27.5 Å². The summed E-state index contributed by atoms with van der Waals surface area (Å²) in [6, 6.07) is 12.0. The normalized spacial score (nSPS) is 12.3. The Morgan fingerprint density at radius 2 is 1.72 bits per heavy atom. The predicted octanol–water partition coefficient (Wildman–Crippen LogP) is 5.15. The highest BCUT2D eigenvalue weighted by Crippen LogP contribution is 2.28. The molecule has 1 N–H and O–H groups in total. The van der Waals surface area contributed by atoms with Crippen LogP contribution in [-0.2, 0) is 26.2 Å². The van der Waals surface area contributed by atoms with Crippen LogP contribution in [0.15, 0.2) is 46.9 Å². The summed E-state index contributed by atoms with van der Waals surface area (Å²) >= 11 is 9.62. The average Bonchev–Trinajstić information content (AvgIpc) is 2.80. The van der Waals surface area contributed by atoms with Crippen LogP contribution in [-0.4, -0.2) is 50.5 Å². The maximum Gasteiger partial charge on any atom is 0.242 e. The number of nitrogens with zero attached hydrogens (tertiary/aromatic N) is 2. The minimum Gasteiger partial charge on any atom is -0.354 e. The number of halogens is 2. The lowest BCUT2D eigenvalue weighted by molar-refractivity contribution is -0.140. The number of carbonyl (C=O) groups excluding carboxylic acids is 2. The SMILES string of the molecule is Cc1c(Cl)cccc1N(CCCC(=O)N(Cc1ccc(Br)cc1)[C@H](C)C(=O)NCC(C)C)S(C)(=O)=O. The molecule has 0 aromatic heterocycles. The van der Waals surface area contributed by atoms with Crippen molar-refractivity contribution < 1.29 is 18.0 Å². The Labute approximate surface area is 228 Å². The van der Waals surface area contributed by atoms with Gasteiger partial charge in [0.15, 0.2) is 0 Å². The van der Waals surface area contributed by atoms with Crippen LogP contribution in [0.1, 0.15) is 44.7 Å². The zero-order valence-electron chi connectivity index (χ0n) is 21.4. The van der Waals surface area contributed by atoms with Crippen molar-refractivity contribution in [3.63, 3.8) is 0 Å². The van der Waals surface area contributed by atoms with Crippen LogP contribution < -0.4 is 9.62 Å². The quantitative estimate of drug-likeness (QED) is 0.365. The van der Waals surface area contributed by atoms with Crippen LogP contribution in [0.4, 0.5) is 5.69 Å².